The summed E-state index contributed by atoms with van der Waals surface area (Å²) in [4.78, 5) is 308. The lowest BCUT2D eigenvalue weighted by Gasteiger charge is -2.32. The van der Waals surface area contributed by atoms with Gasteiger partial charge in [-0.25, -0.2) is 0 Å². The minimum absolute atomic E-state index is 0.0532. The van der Waals surface area contributed by atoms with E-state index in [0.717, 1.165) is 6.92 Å². The Morgan fingerprint density at radius 1 is 0.342 bits per heavy atom. The molecule has 20 atom stereocenters. The van der Waals surface area contributed by atoms with Crippen molar-refractivity contribution in [2.24, 2.45) is 57.3 Å². The van der Waals surface area contributed by atoms with Gasteiger partial charge in [-0.15, -0.1) is 0 Å². The van der Waals surface area contributed by atoms with Gasteiger partial charge >= 0.3 is 0 Å². The molecule has 0 saturated heterocycles. The molecule has 0 aromatic carbocycles. The van der Waals surface area contributed by atoms with Gasteiger partial charge in [0.1, 0.15) is 62.9 Å². The largest absolute Gasteiger partial charge is 0.370 e. The average molecular weight is 1670 g/mol. The van der Waals surface area contributed by atoms with Crippen LogP contribution in [0.15, 0.2) is 4.99 Å². The fourth-order valence-electron chi connectivity index (χ4n) is 10.1. The van der Waals surface area contributed by atoms with Crippen LogP contribution in [0.3, 0.4) is 0 Å². The highest BCUT2D eigenvalue weighted by atomic mass is 16.2. The quantitative estimate of drug-likeness (QED) is 0.00884. The third kappa shape index (κ3) is 42.2. The summed E-state index contributed by atoms with van der Waals surface area (Å²) >= 11 is 0. The molecule has 0 saturated carbocycles. The number of nitrogens with two attached hydrogens (primary N) is 5. The lowest BCUT2D eigenvalue weighted by atomic mass is 10.00. The Kier molecular flexibility index (Phi) is 52.1. The van der Waals surface area contributed by atoms with Crippen molar-refractivity contribution in [1.29, 1.82) is 0 Å². The van der Waals surface area contributed by atoms with E-state index in [-0.39, 0.29) is 69.1 Å². The molecule has 0 heterocycles. The summed E-state index contributed by atoms with van der Waals surface area (Å²) in [6, 6.07) is -11.2. The van der Waals surface area contributed by atoms with Crippen LogP contribution >= 0.6 is 0 Å². The van der Waals surface area contributed by atoms with Crippen molar-refractivity contribution in [3.8, 4) is 0 Å². The molecule has 49 nitrogen and oxygen atoms in total. The van der Waals surface area contributed by atoms with E-state index in [1.54, 1.807) is 41.5 Å². The topological polar surface area (TPSA) is 776 Å². The number of hydrogen-bond donors (Lipinski definition) is 25. The van der Waals surface area contributed by atoms with Crippen molar-refractivity contribution in [2.45, 2.75) is 237 Å². The second-order valence-corrected chi connectivity index (χ2v) is 27.5. The van der Waals surface area contributed by atoms with Gasteiger partial charge in [-0.3, -0.25) is 120 Å². The number of carbonyl (C=O) groups is 23. The molecule has 0 fully saturated rings. The molecule has 13 amide bonds. The van der Waals surface area contributed by atoms with Crippen molar-refractivity contribution >= 4 is 146 Å². The number of amides is 13. The Morgan fingerprint density at radius 2 is 0.641 bits per heavy atom. The van der Waals surface area contributed by atoms with Crippen LogP contribution < -0.4 is 135 Å². The van der Waals surface area contributed by atoms with Gasteiger partial charge in [0.15, 0.2) is 67.6 Å². The fourth-order valence-corrected chi connectivity index (χ4v) is 10.1. The van der Waals surface area contributed by atoms with E-state index in [4.69, 9.17) is 28.7 Å². The van der Waals surface area contributed by atoms with Crippen molar-refractivity contribution in [3.63, 3.8) is 0 Å². The van der Waals surface area contributed by atoms with Crippen molar-refractivity contribution in [1.82, 2.24) is 106 Å². The molecule has 30 N–H and O–H groups in total. The lowest BCUT2D eigenvalue weighted by Crippen LogP contribution is -2.70. The van der Waals surface area contributed by atoms with Crippen molar-refractivity contribution < 1.29 is 110 Å². The molecule has 0 aliphatic heterocycles. The van der Waals surface area contributed by atoms with Crippen molar-refractivity contribution in [2.75, 3.05) is 19.6 Å². The first-order valence-corrected chi connectivity index (χ1v) is 37.2. The molecule has 0 spiro atoms. The molecule has 117 heavy (non-hydrogen) atoms. The minimum atomic E-state index is -2.42. The van der Waals surface area contributed by atoms with Crippen LogP contribution in [0.2, 0.25) is 0 Å². The van der Waals surface area contributed by atoms with E-state index in [1.807, 2.05) is 0 Å². The van der Waals surface area contributed by atoms with E-state index < -0.39 is 243 Å². The van der Waals surface area contributed by atoms with Gasteiger partial charge in [0.05, 0.1) is 61.4 Å². The standard InChI is InChI=1S/C68H116N26O23/c1-11-35(7)44(31-103)84-49(48(71)108)86-66(116)58(85-45(32-104)36(8)12-2)94-61(111)52(77-37(9)25-97)88-65(115)56(82-42(29-101)24-33(3)4)92-63(113)55(81-41(28-100)16-18-47(70)107)91-62(112)53(79-39(26-98)14-13-19-76-68(72)73)90-60(110)51(75-21-23-96)87-67(117)57(83-43(30-102)34(5)6)93-64(114)54(80-40(27-99)15-17-46(69)106)89-59(109)50(74-20-22-95)78-38(10)105/h22-23,25-37,39-45,49-58,74-75,77,79-85H,11-21,24H2,1-10H3,(H2,69,106)(H2,70,107)(H2,71,108)(H,78,105)(H,86,116)(H,87,117)(H,88,115)(H,89,109)(H,90,110)(H,91,112)(H,92,113)(H,93,114)(H,94,111)(H4,72,73,76)/t35-,36-,37+,39-,40-,41-,42-,43+,44+,45+,49+,50-,51+,52+,53+,54+,55+,56+,57-,58+/m1/s1. The highest BCUT2D eigenvalue weighted by Crippen LogP contribution is 2.11. The zero-order valence-corrected chi connectivity index (χ0v) is 66.7. The third-order valence-corrected chi connectivity index (χ3v) is 17.0. The van der Waals surface area contributed by atoms with Crippen LogP contribution in [0.25, 0.3) is 0 Å². The average Bonchev–Trinajstić information content (AvgIpc) is 0.841. The zero-order valence-electron chi connectivity index (χ0n) is 66.7. The predicted molar refractivity (Wildman–Crippen MR) is 412 cm³/mol. The molecule has 0 rings (SSSR count). The Hall–Kier alpha value is -11.3. The van der Waals surface area contributed by atoms with E-state index in [0.29, 0.717) is 44.3 Å². The normalized spacial score (nSPS) is 16.3. The smallest absolute Gasteiger partial charge is 0.259 e. The molecule has 0 aliphatic carbocycles. The molecule has 0 aromatic heterocycles. The highest BCUT2D eigenvalue weighted by Gasteiger charge is 2.40. The molecule has 0 radical (unpaired) electrons. The maximum atomic E-state index is 15.1. The second-order valence-electron chi connectivity index (χ2n) is 27.5. The summed E-state index contributed by atoms with van der Waals surface area (Å²) in [7, 11) is 0. The monoisotopic (exact) mass is 1660 g/mol. The molecule has 49 heteroatoms. The van der Waals surface area contributed by atoms with Crippen LogP contribution in [0.1, 0.15) is 127 Å². The Morgan fingerprint density at radius 3 is 0.932 bits per heavy atom. The second kappa shape index (κ2) is 57.7. The van der Waals surface area contributed by atoms with Crippen LogP contribution in [0, 0.1) is 23.7 Å². The van der Waals surface area contributed by atoms with Gasteiger partial charge in [0.2, 0.25) is 17.7 Å². The van der Waals surface area contributed by atoms with Crippen LogP contribution in [0.4, 0.5) is 0 Å². The SMILES string of the molecule is CC[C@@H](C)[C@H](C=O)N[C@@H](NC(=O)[C@H](NC(=O)[C@H](NC(=O)[C@H](NC(=O)[C@H](NC(=O)[C@H](NC(=O)[C@@H](NCC=O)NC(=O)[C@@H](NC(=O)[C@H](NC(=O)[C@H](NCC=O)NC(C)=O)N[C@@H](C=O)CCC(N)=O)N[C@@H](C=O)C(C)C)N[C@@H](C=O)CCCN=C(N)N)N[C@@H](C=O)CCC(N)=O)N[C@@H](C=O)CC(C)C)N[C@@H](C)C=O)N[C@@H](C=O)[C@H](C)CC)C(N)=O. The number of aldehydes is 10. The lowest BCUT2D eigenvalue weighted by molar-refractivity contribution is -0.138. The number of hydrogen-bond acceptors (Lipinski definition) is 34. The maximum Gasteiger partial charge on any atom is 0.259 e. The first kappa shape index (κ1) is 106. The summed E-state index contributed by atoms with van der Waals surface area (Å²) < 4.78 is 0. The number of carbonyl (C=O) groups excluding carboxylic acids is 23. The van der Waals surface area contributed by atoms with Gasteiger partial charge in [0, 0.05) is 26.3 Å². The number of nitrogens with one attached hydrogen (secondary N) is 20. The Bertz CT molecular complexity index is 3390. The van der Waals surface area contributed by atoms with Gasteiger partial charge in [-0.1, -0.05) is 68.2 Å². The van der Waals surface area contributed by atoms with E-state index in [1.165, 1.54) is 20.8 Å². The predicted octanol–water partition coefficient (Wildman–Crippen LogP) is -13.9. The van der Waals surface area contributed by atoms with Crippen molar-refractivity contribution in [3.05, 3.63) is 0 Å². The minimum Gasteiger partial charge on any atom is -0.370 e. The fraction of sp³-hybridized carbons (Fsp3) is 0.647. The van der Waals surface area contributed by atoms with Gasteiger partial charge < -0.3 is 130 Å². The first-order valence-electron chi connectivity index (χ1n) is 37.2. The Labute approximate surface area is 673 Å². The molecule has 0 unspecified atom stereocenters. The first-order chi connectivity index (χ1) is 55.2. The summed E-state index contributed by atoms with van der Waals surface area (Å²) in [5, 5.41) is 47.2. The van der Waals surface area contributed by atoms with Crippen LogP contribution in [0.5, 0.6) is 0 Å². The van der Waals surface area contributed by atoms with Gasteiger partial charge in [-0.05, 0) is 62.7 Å². The highest BCUT2D eigenvalue weighted by molar-refractivity contribution is 5.99. The van der Waals surface area contributed by atoms with Crippen LogP contribution in [-0.2, 0) is 110 Å². The summed E-state index contributed by atoms with van der Waals surface area (Å²) in [5.74, 6) is -19.5. The summed E-state index contributed by atoms with van der Waals surface area (Å²) in [6.07, 6.45) is -20.6. The van der Waals surface area contributed by atoms with Gasteiger partial charge in [0.25, 0.3) is 59.1 Å². The number of aliphatic imine (C=N–C) groups is 1. The van der Waals surface area contributed by atoms with E-state index in [2.05, 4.69) is 111 Å². The molecular formula is C68H116N26O23. The number of guanidine groups is 1. The maximum absolute atomic E-state index is 15.1. The van der Waals surface area contributed by atoms with E-state index in [9.17, 15) is 101 Å². The molecule has 0 aromatic rings. The zero-order chi connectivity index (χ0) is 89.2. The molecule has 656 valence electrons. The third-order valence-electron chi connectivity index (χ3n) is 17.0. The molecule has 0 aliphatic rings. The summed E-state index contributed by atoms with van der Waals surface area (Å²) in [6.45, 7) is 13.5. The number of nitrogens with zero attached hydrogens (tertiary/aromatic N) is 1. The number of primary amides is 3. The Balaban J connectivity index is 8.62. The molecule has 0 bridgehead atoms. The van der Waals surface area contributed by atoms with Crippen LogP contribution in [-0.4, -0.2) is 275 Å². The van der Waals surface area contributed by atoms with E-state index >= 15 is 9.59 Å². The summed E-state index contributed by atoms with van der Waals surface area (Å²) in [5.41, 5.74) is 27.3. The number of rotatable bonds is 67. The van der Waals surface area contributed by atoms with Gasteiger partial charge in [-0.2, -0.15) is 0 Å². The molecular weight excluding hydrogens is 1550 g/mol.